The van der Waals surface area contributed by atoms with E-state index in [9.17, 15) is 0 Å². The molecule has 1 rings (SSSR count). The number of nitrogens with two attached hydrogens (primary N) is 1. The Balaban J connectivity index is 2.77. The molecule has 0 unspecified atom stereocenters. The third-order valence-electron chi connectivity index (χ3n) is 1.50. The molecule has 70 valence electrons. The van der Waals surface area contributed by atoms with Crippen LogP contribution in [0.5, 0.6) is 0 Å². The minimum atomic E-state index is 0.351. The Labute approximate surface area is 77.1 Å². The van der Waals surface area contributed by atoms with Crippen molar-refractivity contribution in [2.45, 2.75) is 13.3 Å². The number of aromatic nitrogens is 2. The number of hydrogen-bond donors (Lipinski definition) is 2. The molecule has 0 saturated heterocycles. The zero-order chi connectivity index (χ0) is 9.68. The number of hydrogen-bond acceptors (Lipinski definition) is 5. The highest BCUT2D eigenvalue weighted by Crippen LogP contribution is 2.17. The molecule has 5 heteroatoms. The molecule has 0 atom stereocenters. The van der Waals surface area contributed by atoms with Gasteiger partial charge in [0.25, 0.3) is 0 Å². The number of rotatable bonds is 4. The molecule has 0 saturated carbocycles. The summed E-state index contributed by atoms with van der Waals surface area (Å²) in [6.45, 7) is 6.25. The van der Waals surface area contributed by atoms with Crippen LogP contribution in [0, 0.1) is 0 Å². The van der Waals surface area contributed by atoms with Crippen LogP contribution in [0.25, 0.3) is 0 Å². The lowest BCUT2D eigenvalue weighted by Crippen LogP contribution is -2.05. The van der Waals surface area contributed by atoms with Gasteiger partial charge in [0, 0.05) is 6.54 Å². The Hall–Kier alpha value is -1.65. The molecular weight excluding hydrogens is 166 g/mol. The molecule has 1 aromatic rings. The van der Waals surface area contributed by atoms with Crippen LogP contribution >= 0.6 is 0 Å². The van der Waals surface area contributed by atoms with E-state index in [0.29, 0.717) is 17.5 Å². The molecular formula is C8H13N5. The van der Waals surface area contributed by atoms with Crippen molar-refractivity contribution in [2.75, 3.05) is 17.6 Å². The summed E-state index contributed by atoms with van der Waals surface area (Å²) in [4.78, 5) is 11.7. The topological polar surface area (TPSA) is 76.2 Å². The first kappa shape index (κ1) is 9.44. The van der Waals surface area contributed by atoms with Crippen molar-refractivity contribution >= 4 is 24.2 Å². The summed E-state index contributed by atoms with van der Waals surface area (Å²) in [6.07, 6.45) is 2.57. The zero-order valence-electron chi connectivity index (χ0n) is 7.62. The lowest BCUT2D eigenvalue weighted by Gasteiger charge is -2.03. The van der Waals surface area contributed by atoms with Crippen LogP contribution in [0.4, 0.5) is 17.5 Å². The van der Waals surface area contributed by atoms with E-state index in [2.05, 4.69) is 33.9 Å². The molecule has 5 nitrogen and oxygen atoms in total. The van der Waals surface area contributed by atoms with Gasteiger partial charge in [-0.1, -0.05) is 6.92 Å². The first-order valence-corrected chi connectivity index (χ1v) is 4.11. The van der Waals surface area contributed by atoms with E-state index >= 15 is 0 Å². The first-order valence-electron chi connectivity index (χ1n) is 4.11. The van der Waals surface area contributed by atoms with E-state index < -0.39 is 0 Å². The van der Waals surface area contributed by atoms with E-state index in [-0.39, 0.29) is 0 Å². The van der Waals surface area contributed by atoms with Crippen LogP contribution in [0.3, 0.4) is 0 Å². The van der Waals surface area contributed by atoms with Crippen molar-refractivity contribution in [3.05, 3.63) is 6.20 Å². The number of nitrogens with one attached hydrogen (secondary N) is 1. The Morgan fingerprint density at radius 1 is 1.69 bits per heavy atom. The molecule has 0 aromatic carbocycles. The van der Waals surface area contributed by atoms with Gasteiger partial charge >= 0.3 is 0 Å². The van der Waals surface area contributed by atoms with E-state index in [1.165, 1.54) is 0 Å². The third-order valence-corrected chi connectivity index (χ3v) is 1.50. The highest BCUT2D eigenvalue weighted by Gasteiger charge is 2.00. The fourth-order valence-corrected chi connectivity index (χ4v) is 0.832. The summed E-state index contributed by atoms with van der Waals surface area (Å²) in [5.74, 6) is 0.885. The number of aliphatic imine (C=N–C) groups is 1. The summed E-state index contributed by atoms with van der Waals surface area (Å²) in [6, 6.07) is 0. The fraction of sp³-hybridized carbons (Fsp3) is 0.375. The van der Waals surface area contributed by atoms with Crippen molar-refractivity contribution in [1.29, 1.82) is 0 Å². The van der Waals surface area contributed by atoms with Crippen molar-refractivity contribution < 1.29 is 0 Å². The second-order valence-corrected chi connectivity index (χ2v) is 2.55. The van der Waals surface area contributed by atoms with Crippen LogP contribution in [0.1, 0.15) is 13.3 Å². The zero-order valence-corrected chi connectivity index (χ0v) is 7.62. The minimum Gasteiger partial charge on any atom is -0.382 e. The van der Waals surface area contributed by atoms with E-state index in [4.69, 9.17) is 5.73 Å². The second-order valence-electron chi connectivity index (χ2n) is 2.55. The summed E-state index contributed by atoms with van der Waals surface area (Å²) in [5.41, 5.74) is 6.09. The van der Waals surface area contributed by atoms with Crippen LogP contribution < -0.4 is 11.1 Å². The lowest BCUT2D eigenvalue weighted by atomic mass is 10.5. The van der Waals surface area contributed by atoms with Gasteiger partial charge in [-0.2, -0.15) is 4.98 Å². The van der Waals surface area contributed by atoms with Gasteiger partial charge in [0.1, 0.15) is 5.69 Å². The monoisotopic (exact) mass is 179 g/mol. The molecule has 0 aliphatic rings. The predicted molar refractivity (Wildman–Crippen MR) is 54.4 cm³/mol. The molecule has 0 fully saturated rings. The van der Waals surface area contributed by atoms with E-state index in [1.807, 2.05) is 0 Å². The first-order chi connectivity index (χ1) is 6.27. The van der Waals surface area contributed by atoms with Crippen LogP contribution in [-0.4, -0.2) is 23.2 Å². The maximum atomic E-state index is 5.58. The van der Waals surface area contributed by atoms with E-state index in [0.717, 1.165) is 13.0 Å². The molecule has 0 radical (unpaired) electrons. The van der Waals surface area contributed by atoms with Gasteiger partial charge in [0.2, 0.25) is 5.95 Å². The number of anilines is 2. The quantitative estimate of drug-likeness (QED) is 0.681. The lowest BCUT2D eigenvalue weighted by molar-refractivity contribution is 0.953. The Morgan fingerprint density at radius 2 is 2.46 bits per heavy atom. The second kappa shape index (κ2) is 4.39. The van der Waals surface area contributed by atoms with Crippen molar-refractivity contribution in [2.24, 2.45) is 4.99 Å². The van der Waals surface area contributed by atoms with Gasteiger partial charge in [-0.25, -0.2) is 4.98 Å². The van der Waals surface area contributed by atoms with Gasteiger partial charge in [-0.3, -0.25) is 4.99 Å². The van der Waals surface area contributed by atoms with Crippen LogP contribution in [-0.2, 0) is 0 Å². The van der Waals surface area contributed by atoms with Gasteiger partial charge in [-0.05, 0) is 13.1 Å². The van der Waals surface area contributed by atoms with Gasteiger partial charge in [0.05, 0.1) is 6.20 Å². The maximum absolute atomic E-state index is 5.58. The van der Waals surface area contributed by atoms with E-state index in [1.54, 1.807) is 6.20 Å². The fourth-order valence-electron chi connectivity index (χ4n) is 0.832. The normalized spacial score (nSPS) is 9.62. The maximum Gasteiger partial charge on any atom is 0.224 e. The third kappa shape index (κ3) is 2.40. The van der Waals surface area contributed by atoms with Gasteiger partial charge < -0.3 is 11.1 Å². The molecule has 1 heterocycles. The average molecular weight is 179 g/mol. The summed E-state index contributed by atoms with van der Waals surface area (Å²) < 4.78 is 0. The molecule has 0 aliphatic heterocycles. The molecule has 13 heavy (non-hydrogen) atoms. The Kier molecular flexibility index (Phi) is 3.19. The van der Waals surface area contributed by atoms with Gasteiger partial charge in [0.15, 0.2) is 5.82 Å². The van der Waals surface area contributed by atoms with Crippen molar-refractivity contribution in [3.8, 4) is 0 Å². The molecule has 0 bridgehead atoms. The highest BCUT2D eigenvalue weighted by atomic mass is 15.1. The standard InChI is InChI=1S/C8H13N5/c1-3-4-11-8-12-5-6(10-2)7(9)13-8/h5H,2-4H2,1H3,(H3,9,11,12,13). The SMILES string of the molecule is C=Nc1cnc(NCCC)nc1N. The smallest absolute Gasteiger partial charge is 0.224 e. The Bertz CT molecular complexity index is 297. The molecule has 3 N–H and O–H groups in total. The van der Waals surface area contributed by atoms with Gasteiger partial charge in [-0.15, -0.1) is 0 Å². The summed E-state index contributed by atoms with van der Waals surface area (Å²) in [7, 11) is 0. The number of nitrogens with zero attached hydrogens (tertiary/aromatic N) is 3. The summed E-state index contributed by atoms with van der Waals surface area (Å²) in [5, 5.41) is 3.02. The molecule has 0 spiro atoms. The molecule has 1 aromatic heterocycles. The molecule has 0 aliphatic carbocycles. The van der Waals surface area contributed by atoms with Crippen molar-refractivity contribution in [1.82, 2.24) is 9.97 Å². The van der Waals surface area contributed by atoms with Crippen LogP contribution in [0.15, 0.2) is 11.2 Å². The van der Waals surface area contributed by atoms with Crippen molar-refractivity contribution in [3.63, 3.8) is 0 Å². The largest absolute Gasteiger partial charge is 0.382 e. The Morgan fingerprint density at radius 3 is 3.00 bits per heavy atom. The predicted octanol–water partition coefficient (Wildman–Crippen LogP) is 1.21. The highest BCUT2D eigenvalue weighted by molar-refractivity contribution is 5.60. The minimum absolute atomic E-state index is 0.351. The van der Waals surface area contributed by atoms with Crippen LogP contribution in [0.2, 0.25) is 0 Å². The summed E-state index contributed by atoms with van der Waals surface area (Å²) >= 11 is 0. The molecule has 0 amide bonds. The average Bonchev–Trinajstić information content (AvgIpc) is 2.15. The number of nitrogen functional groups attached to an aromatic ring is 1.